The SMILES string of the molecule is NCCCc1nc(-c2ccc3occc3c2)no1. The molecule has 2 N–H and O–H groups in total. The largest absolute Gasteiger partial charge is 0.464 e. The number of fused-ring (bicyclic) bond motifs is 1. The average Bonchev–Trinajstić information content (AvgIpc) is 3.04. The zero-order valence-corrected chi connectivity index (χ0v) is 9.80. The molecule has 5 heteroatoms. The summed E-state index contributed by atoms with van der Waals surface area (Å²) in [6.45, 7) is 0.624. The topological polar surface area (TPSA) is 78.1 Å². The summed E-state index contributed by atoms with van der Waals surface area (Å²) in [7, 11) is 0. The van der Waals surface area contributed by atoms with Gasteiger partial charge in [0.25, 0.3) is 0 Å². The van der Waals surface area contributed by atoms with Crippen LogP contribution in [0.1, 0.15) is 12.3 Å². The molecule has 0 aliphatic heterocycles. The van der Waals surface area contributed by atoms with Crippen molar-refractivity contribution >= 4 is 11.0 Å². The second kappa shape index (κ2) is 4.62. The Hall–Kier alpha value is -2.14. The molecule has 1 aromatic carbocycles. The second-order valence-corrected chi connectivity index (χ2v) is 4.08. The number of rotatable bonds is 4. The molecule has 0 bridgehead atoms. The van der Waals surface area contributed by atoms with E-state index in [9.17, 15) is 0 Å². The van der Waals surface area contributed by atoms with Crippen molar-refractivity contribution in [2.75, 3.05) is 6.54 Å². The number of hydrogen-bond donors (Lipinski definition) is 1. The second-order valence-electron chi connectivity index (χ2n) is 4.08. The Morgan fingerprint density at radius 3 is 3.06 bits per heavy atom. The van der Waals surface area contributed by atoms with Crippen LogP contribution in [0.4, 0.5) is 0 Å². The van der Waals surface area contributed by atoms with Gasteiger partial charge >= 0.3 is 0 Å². The molecule has 2 aromatic heterocycles. The van der Waals surface area contributed by atoms with Gasteiger partial charge in [0.15, 0.2) is 0 Å². The summed E-state index contributed by atoms with van der Waals surface area (Å²) in [6.07, 6.45) is 3.23. The van der Waals surface area contributed by atoms with Gasteiger partial charge in [0.05, 0.1) is 6.26 Å². The lowest BCUT2D eigenvalue weighted by molar-refractivity contribution is 0.376. The molecule has 0 amide bonds. The van der Waals surface area contributed by atoms with Gasteiger partial charge in [0.1, 0.15) is 5.58 Å². The van der Waals surface area contributed by atoms with E-state index in [1.54, 1.807) is 6.26 Å². The van der Waals surface area contributed by atoms with E-state index in [-0.39, 0.29) is 0 Å². The molecule has 18 heavy (non-hydrogen) atoms. The van der Waals surface area contributed by atoms with Crippen LogP contribution in [0.2, 0.25) is 0 Å². The van der Waals surface area contributed by atoms with Crippen molar-refractivity contribution in [3.63, 3.8) is 0 Å². The average molecular weight is 243 g/mol. The van der Waals surface area contributed by atoms with Crippen LogP contribution in [0.3, 0.4) is 0 Å². The predicted molar refractivity (Wildman–Crippen MR) is 66.9 cm³/mol. The third kappa shape index (κ3) is 2.00. The predicted octanol–water partition coefficient (Wildman–Crippen LogP) is 2.37. The quantitative estimate of drug-likeness (QED) is 0.761. The van der Waals surface area contributed by atoms with Crippen LogP contribution >= 0.6 is 0 Å². The lowest BCUT2D eigenvalue weighted by Gasteiger charge is -1.93. The standard InChI is InChI=1S/C13H13N3O2/c14-6-1-2-12-15-13(16-18-12)10-3-4-11-9(8-10)5-7-17-11/h3-5,7-8H,1-2,6,14H2. The molecule has 0 aliphatic rings. The summed E-state index contributed by atoms with van der Waals surface area (Å²) < 4.78 is 10.5. The fourth-order valence-electron chi connectivity index (χ4n) is 1.83. The summed E-state index contributed by atoms with van der Waals surface area (Å²) in [6, 6.07) is 7.72. The molecule has 92 valence electrons. The molecule has 3 rings (SSSR count). The Labute approximate surface area is 104 Å². The van der Waals surface area contributed by atoms with E-state index in [2.05, 4.69) is 10.1 Å². The van der Waals surface area contributed by atoms with E-state index < -0.39 is 0 Å². The van der Waals surface area contributed by atoms with Gasteiger partial charge in [-0.2, -0.15) is 4.98 Å². The first kappa shape index (κ1) is 11.0. The first-order chi connectivity index (χ1) is 8.86. The summed E-state index contributed by atoms with van der Waals surface area (Å²) in [5.41, 5.74) is 7.22. The molecule has 0 saturated carbocycles. The third-order valence-corrected chi connectivity index (χ3v) is 2.77. The Balaban J connectivity index is 1.90. The first-order valence-corrected chi connectivity index (χ1v) is 5.87. The van der Waals surface area contributed by atoms with Crippen LogP contribution in [-0.4, -0.2) is 16.7 Å². The number of benzene rings is 1. The number of hydrogen-bond acceptors (Lipinski definition) is 5. The van der Waals surface area contributed by atoms with Crippen LogP contribution in [-0.2, 0) is 6.42 Å². The minimum absolute atomic E-state index is 0.602. The Bertz CT molecular complexity index is 657. The fourth-order valence-corrected chi connectivity index (χ4v) is 1.83. The molecule has 0 radical (unpaired) electrons. The normalized spacial score (nSPS) is 11.2. The van der Waals surface area contributed by atoms with Gasteiger partial charge in [0, 0.05) is 17.4 Å². The van der Waals surface area contributed by atoms with Crippen molar-refractivity contribution in [1.29, 1.82) is 0 Å². The lowest BCUT2D eigenvalue weighted by atomic mass is 10.1. The van der Waals surface area contributed by atoms with Gasteiger partial charge in [-0.3, -0.25) is 0 Å². The maximum atomic E-state index is 5.44. The zero-order valence-electron chi connectivity index (χ0n) is 9.80. The summed E-state index contributed by atoms with van der Waals surface area (Å²) >= 11 is 0. The fraction of sp³-hybridized carbons (Fsp3) is 0.231. The number of furan rings is 1. The minimum Gasteiger partial charge on any atom is -0.464 e. The van der Waals surface area contributed by atoms with Crippen LogP contribution in [0.5, 0.6) is 0 Å². The molecule has 0 atom stereocenters. The third-order valence-electron chi connectivity index (χ3n) is 2.77. The van der Waals surface area contributed by atoms with Crippen LogP contribution in [0, 0.1) is 0 Å². The van der Waals surface area contributed by atoms with Crippen molar-refractivity contribution in [3.8, 4) is 11.4 Å². The van der Waals surface area contributed by atoms with Crippen LogP contribution in [0.25, 0.3) is 22.4 Å². The van der Waals surface area contributed by atoms with E-state index >= 15 is 0 Å². The minimum atomic E-state index is 0.602. The van der Waals surface area contributed by atoms with E-state index in [4.69, 9.17) is 14.7 Å². The Morgan fingerprint density at radius 1 is 1.22 bits per heavy atom. The van der Waals surface area contributed by atoms with Crippen LogP contribution < -0.4 is 5.73 Å². The van der Waals surface area contributed by atoms with E-state index in [1.807, 2.05) is 24.3 Å². The van der Waals surface area contributed by atoms with Crippen molar-refractivity contribution in [3.05, 3.63) is 36.4 Å². The number of aromatic nitrogens is 2. The molecule has 0 fully saturated rings. The molecule has 0 saturated heterocycles. The summed E-state index contributed by atoms with van der Waals surface area (Å²) in [5, 5.41) is 5.00. The van der Waals surface area contributed by atoms with E-state index in [0.29, 0.717) is 18.3 Å². The van der Waals surface area contributed by atoms with E-state index in [0.717, 1.165) is 29.4 Å². The maximum absolute atomic E-state index is 5.44. The number of nitrogens with zero attached hydrogens (tertiary/aromatic N) is 2. The molecule has 0 unspecified atom stereocenters. The number of nitrogens with two attached hydrogens (primary N) is 1. The first-order valence-electron chi connectivity index (χ1n) is 5.87. The smallest absolute Gasteiger partial charge is 0.227 e. The number of aryl methyl sites for hydroxylation is 1. The highest BCUT2D eigenvalue weighted by Crippen LogP contribution is 2.23. The highest BCUT2D eigenvalue weighted by Gasteiger charge is 2.09. The van der Waals surface area contributed by atoms with Crippen molar-refractivity contribution in [2.45, 2.75) is 12.8 Å². The van der Waals surface area contributed by atoms with Gasteiger partial charge < -0.3 is 14.7 Å². The molecule has 0 spiro atoms. The summed E-state index contributed by atoms with van der Waals surface area (Å²) in [4.78, 5) is 4.35. The molecule has 5 nitrogen and oxygen atoms in total. The lowest BCUT2D eigenvalue weighted by Crippen LogP contribution is -2.00. The van der Waals surface area contributed by atoms with Gasteiger partial charge in [-0.25, -0.2) is 0 Å². The zero-order chi connectivity index (χ0) is 12.4. The van der Waals surface area contributed by atoms with Gasteiger partial charge in [-0.15, -0.1) is 0 Å². The van der Waals surface area contributed by atoms with Crippen LogP contribution in [0.15, 0.2) is 39.5 Å². The van der Waals surface area contributed by atoms with Crippen molar-refractivity contribution in [2.24, 2.45) is 5.73 Å². The van der Waals surface area contributed by atoms with Gasteiger partial charge in [0.2, 0.25) is 11.7 Å². The summed E-state index contributed by atoms with van der Waals surface area (Å²) in [5.74, 6) is 1.23. The molecule has 0 aliphatic carbocycles. The maximum Gasteiger partial charge on any atom is 0.227 e. The highest BCUT2D eigenvalue weighted by molar-refractivity contribution is 5.81. The highest BCUT2D eigenvalue weighted by atomic mass is 16.5. The van der Waals surface area contributed by atoms with Crippen molar-refractivity contribution < 1.29 is 8.94 Å². The molecular weight excluding hydrogens is 230 g/mol. The Morgan fingerprint density at radius 2 is 2.17 bits per heavy atom. The molecule has 3 aromatic rings. The monoisotopic (exact) mass is 243 g/mol. The van der Waals surface area contributed by atoms with Gasteiger partial charge in [-0.05, 0) is 37.2 Å². The molecular formula is C13H13N3O2. The Kier molecular flexibility index (Phi) is 2.82. The van der Waals surface area contributed by atoms with Gasteiger partial charge in [-0.1, -0.05) is 5.16 Å². The molecule has 2 heterocycles. The van der Waals surface area contributed by atoms with E-state index in [1.165, 1.54) is 0 Å². The van der Waals surface area contributed by atoms with Crippen molar-refractivity contribution in [1.82, 2.24) is 10.1 Å².